The van der Waals surface area contributed by atoms with Gasteiger partial charge in [0.05, 0.1) is 24.3 Å². The molecule has 1 saturated heterocycles. The Morgan fingerprint density at radius 2 is 2.04 bits per heavy atom. The first-order valence-corrected chi connectivity index (χ1v) is 9.77. The van der Waals surface area contributed by atoms with Gasteiger partial charge in [-0.1, -0.05) is 17.7 Å². The van der Waals surface area contributed by atoms with Crippen LogP contribution >= 0.6 is 0 Å². The van der Waals surface area contributed by atoms with E-state index in [2.05, 4.69) is 34.7 Å². The van der Waals surface area contributed by atoms with E-state index in [0.29, 0.717) is 25.0 Å². The van der Waals surface area contributed by atoms with Crippen molar-refractivity contribution >= 4 is 10.2 Å². The highest BCUT2D eigenvalue weighted by molar-refractivity contribution is 7.86. The highest BCUT2D eigenvalue weighted by atomic mass is 32.2. The fourth-order valence-corrected chi connectivity index (χ4v) is 5.84. The van der Waals surface area contributed by atoms with E-state index >= 15 is 0 Å². The Morgan fingerprint density at radius 3 is 2.75 bits per heavy atom. The summed E-state index contributed by atoms with van der Waals surface area (Å²) in [7, 11) is -3.52. The van der Waals surface area contributed by atoms with Gasteiger partial charge in [-0.15, -0.1) is 0 Å². The lowest BCUT2D eigenvalue weighted by Gasteiger charge is -2.59. The van der Waals surface area contributed by atoms with Crippen LogP contribution in [0.25, 0.3) is 11.3 Å². The monoisotopic (exact) mass is 344 g/mol. The summed E-state index contributed by atoms with van der Waals surface area (Å²) in [5, 5.41) is 5.21. The summed E-state index contributed by atoms with van der Waals surface area (Å²) in [5.74, 6) is 0.532. The van der Waals surface area contributed by atoms with Gasteiger partial charge in [0.25, 0.3) is 10.2 Å². The fourth-order valence-electron chi connectivity index (χ4n) is 4.93. The fraction of sp³-hybridized carbons (Fsp3) is 0.471. The zero-order valence-electron chi connectivity index (χ0n) is 13.5. The standard InChI is InChI=1S/C17H20N4O2S/c1-11-2-3-13-14(4-11)15-7-19-10-21(15)16(13)12-5-17(6-12)8-20(9-17)24(18,22)23/h2-4,7,10,12,16H,5-6,8-9H2,1H3,(H2,18,22,23). The molecule has 3 heterocycles. The summed E-state index contributed by atoms with van der Waals surface area (Å²) in [6, 6.07) is 6.98. The molecule has 1 aromatic carbocycles. The van der Waals surface area contributed by atoms with Gasteiger partial charge in [0.15, 0.2) is 0 Å². The third-order valence-corrected chi connectivity index (χ3v) is 6.97. The van der Waals surface area contributed by atoms with Crippen molar-refractivity contribution in [2.24, 2.45) is 16.5 Å². The van der Waals surface area contributed by atoms with E-state index in [9.17, 15) is 8.42 Å². The second-order valence-electron chi connectivity index (χ2n) is 7.70. The second kappa shape index (κ2) is 4.47. The number of imidazole rings is 1. The molecule has 5 rings (SSSR count). The van der Waals surface area contributed by atoms with Crippen molar-refractivity contribution in [2.75, 3.05) is 13.1 Å². The predicted molar refractivity (Wildman–Crippen MR) is 90.4 cm³/mol. The molecule has 126 valence electrons. The van der Waals surface area contributed by atoms with E-state index in [-0.39, 0.29) is 5.41 Å². The molecule has 1 aromatic heterocycles. The zero-order valence-corrected chi connectivity index (χ0v) is 14.3. The third-order valence-electron chi connectivity index (χ3n) is 5.99. The molecule has 3 aliphatic rings. The SMILES string of the molecule is Cc1ccc2c(c1)-c1cncn1C2C1CC2(C1)CN(S(N)(=O)=O)C2. The largest absolute Gasteiger partial charge is 0.323 e. The predicted octanol–water partition coefficient (Wildman–Crippen LogP) is 1.68. The van der Waals surface area contributed by atoms with Gasteiger partial charge in [-0.2, -0.15) is 12.7 Å². The van der Waals surface area contributed by atoms with Gasteiger partial charge in [0.1, 0.15) is 0 Å². The van der Waals surface area contributed by atoms with Crippen LogP contribution < -0.4 is 5.14 Å². The van der Waals surface area contributed by atoms with Crippen LogP contribution in [0, 0.1) is 18.3 Å². The van der Waals surface area contributed by atoms with Gasteiger partial charge < -0.3 is 4.57 Å². The van der Waals surface area contributed by atoms with Crippen LogP contribution in [0.5, 0.6) is 0 Å². The van der Waals surface area contributed by atoms with Crippen LogP contribution in [0.15, 0.2) is 30.7 Å². The van der Waals surface area contributed by atoms with E-state index in [1.54, 1.807) is 0 Å². The van der Waals surface area contributed by atoms with E-state index < -0.39 is 10.2 Å². The molecular formula is C17H20N4O2S. The maximum atomic E-state index is 11.4. The number of hydrogen-bond donors (Lipinski definition) is 1. The number of hydrogen-bond acceptors (Lipinski definition) is 3. The summed E-state index contributed by atoms with van der Waals surface area (Å²) in [4.78, 5) is 4.34. The summed E-state index contributed by atoms with van der Waals surface area (Å²) in [6.45, 7) is 3.27. The number of aryl methyl sites for hydroxylation is 1. The zero-order chi connectivity index (χ0) is 16.7. The van der Waals surface area contributed by atoms with Crippen LogP contribution in [-0.2, 0) is 10.2 Å². The molecule has 1 aliphatic carbocycles. The number of nitrogens with two attached hydrogens (primary N) is 1. The van der Waals surface area contributed by atoms with Gasteiger partial charge in [-0.3, -0.25) is 0 Å². The van der Waals surface area contributed by atoms with Gasteiger partial charge in [-0.25, -0.2) is 10.1 Å². The summed E-state index contributed by atoms with van der Waals surface area (Å²) < 4.78 is 26.5. The summed E-state index contributed by atoms with van der Waals surface area (Å²) in [5.41, 5.74) is 5.26. The molecule has 7 heteroatoms. The molecule has 24 heavy (non-hydrogen) atoms. The van der Waals surface area contributed by atoms with Gasteiger partial charge >= 0.3 is 0 Å². The molecule has 2 N–H and O–H groups in total. The minimum atomic E-state index is -3.52. The Labute approximate surface area is 141 Å². The van der Waals surface area contributed by atoms with Crippen molar-refractivity contribution in [3.8, 4) is 11.3 Å². The first-order chi connectivity index (χ1) is 11.4. The molecule has 0 bridgehead atoms. The molecule has 1 atom stereocenters. The van der Waals surface area contributed by atoms with Crippen LogP contribution in [0.3, 0.4) is 0 Å². The van der Waals surface area contributed by atoms with Gasteiger partial charge in [0.2, 0.25) is 0 Å². The Bertz CT molecular complexity index is 935. The molecule has 2 aliphatic heterocycles. The first kappa shape index (κ1) is 14.6. The normalized spacial score (nSPS) is 25.2. The number of fused-ring (bicyclic) bond motifs is 3. The van der Waals surface area contributed by atoms with Crippen molar-refractivity contribution in [3.63, 3.8) is 0 Å². The minimum absolute atomic E-state index is 0.144. The lowest BCUT2D eigenvalue weighted by atomic mass is 9.56. The minimum Gasteiger partial charge on any atom is -0.323 e. The molecule has 1 unspecified atom stereocenters. The Kier molecular flexibility index (Phi) is 2.73. The second-order valence-corrected chi connectivity index (χ2v) is 9.25. The summed E-state index contributed by atoms with van der Waals surface area (Å²) in [6.07, 6.45) is 5.97. The Balaban J connectivity index is 1.41. The molecule has 1 saturated carbocycles. The van der Waals surface area contributed by atoms with E-state index in [1.165, 1.54) is 26.7 Å². The van der Waals surface area contributed by atoms with Crippen molar-refractivity contribution in [1.29, 1.82) is 0 Å². The molecule has 6 nitrogen and oxygen atoms in total. The third kappa shape index (κ3) is 1.89. The summed E-state index contributed by atoms with van der Waals surface area (Å²) >= 11 is 0. The van der Waals surface area contributed by atoms with E-state index in [4.69, 9.17) is 5.14 Å². The highest BCUT2D eigenvalue weighted by Gasteiger charge is 2.57. The highest BCUT2D eigenvalue weighted by Crippen LogP contribution is 2.59. The lowest BCUT2D eigenvalue weighted by molar-refractivity contribution is -0.0642. The van der Waals surface area contributed by atoms with Crippen LogP contribution in [0.1, 0.15) is 30.0 Å². The van der Waals surface area contributed by atoms with Crippen molar-refractivity contribution in [2.45, 2.75) is 25.8 Å². The topological polar surface area (TPSA) is 81.2 Å². The van der Waals surface area contributed by atoms with Crippen molar-refractivity contribution in [1.82, 2.24) is 13.9 Å². The smallest absolute Gasteiger partial charge is 0.276 e. The van der Waals surface area contributed by atoms with Gasteiger partial charge in [0, 0.05) is 18.7 Å². The average Bonchev–Trinajstić information content (AvgIpc) is 2.96. The molecular weight excluding hydrogens is 324 g/mol. The number of nitrogens with zero attached hydrogens (tertiary/aromatic N) is 3. The van der Waals surface area contributed by atoms with Crippen LogP contribution in [0.2, 0.25) is 0 Å². The van der Waals surface area contributed by atoms with Crippen molar-refractivity contribution in [3.05, 3.63) is 41.9 Å². The number of aromatic nitrogens is 2. The number of rotatable bonds is 2. The van der Waals surface area contributed by atoms with E-state index in [0.717, 1.165) is 12.8 Å². The average molecular weight is 344 g/mol. The lowest BCUT2D eigenvalue weighted by Crippen LogP contribution is -2.65. The van der Waals surface area contributed by atoms with Crippen molar-refractivity contribution < 1.29 is 8.42 Å². The van der Waals surface area contributed by atoms with Gasteiger partial charge in [-0.05, 0) is 42.7 Å². The molecule has 2 fully saturated rings. The quantitative estimate of drug-likeness (QED) is 0.900. The van der Waals surface area contributed by atoms with Crippen LogP contribution in [-0.4, -0.2) is 35.4 Å². The Hall–Kier alpha value is -1.70. The maximum Gasteiger partial charge on any atom is 0.276 e. The molecule has 1 spiro atoms. The molecule has 0 radical (unpaired) electrons. The van der Waals surface area contributed by atoms with E-state index in [1.807, 2.05) is 12.5 Å². The number of benzene rings is 1. The first-order valence-electron chi connectivity index (χ1n) is 8.27. The van der Waals surface area contributed by atoms with Crippen LogP contribution in [0.4, 0.5) is 0 Å². The maximum absolute atomic E-state index is 11.4. The molecule has 0 amide bonds. The molecule has 2 aromatic rings. The Morgan fingerprint density at radius 1 is 1.29 bits per heavy atom.